The molecule has 4 heteroatoms. The van der Waals surface area contributed by atoms with Crippen LogP contribution >= 0.6 is 11.8 Å². The Labute approximate surface area is 120 Å². The molecule has 0 bridgehead atoms. The molecule has 0 saturated carbocycles. The van der Waals surface area contributed by atoms with Crippen molar-refractivity contribution in [2.24, 2.45) is 5.92 Å². The van der Waals surface area contributed by atoms with Crippen molar-refractivity contribution >= 4 is 17.4 Å². The van der Waals surface area contributed by atoms with Crippen LogP contribution < -0.4 is 5.32 Å². The van der Waals surface area contributed by atoms with Crippen LogP contribution in [-0.4, -0.2) is 25.5 Å². The van der Waals surface area contributed by atoms with Gasteiger partial charge in [-0.05, 0) is 31.2 Å². The summed E-state index contributed by atoms with van der Waals surface area (Å²) >= 11 is 1.59. The van der Waals surface area contributed by atoms with Crippen LogP contribution in [0.15, 0.2) is 23.1 Å². The third kappa shape index (κ3) is 4.45. The molecule has 1 aromatic rings. The lowest BCUT2D eigenvalue weighted by Crippen LogP contribution is -2.31. The first-order valence-corrected chi connectivity index (χ1v) is 7.77. The summed E-state index contributed by atoms with van der Waals surface area (Å²) in [5.41, 5.74) is 1.62. The van der Waals surface area contributed by atoms with Crippen LogP contribution in [0.4, 0.5) is 5.69 Å². The first-order chi connectivity index (χ1) is 9.13. The van der Waals surface area contributed by atoms with E-state index in [1.165, 1.54) is 0 Å². The number of nitrogens with zero attached hydrogens (tertiary/aromatic N) is 1. The molecule has 1 unspecified atom stereocenters. The summed E-state index contributed by atoms with van der Waals surface area (Å²) < 4.78 is 5.51. The monoisotopic (exact) mass is 278 g/mol. The lowest BCUT2D eigenvalue weighted by atomic mass is 10.0. The van der Waals surface area contributed by atoms with Crippen molar-refractivity contribution < 1.29 is 4.74 Å². The fourth-order valence-corrected chi connectivity index (χ4v) is 2.36. The van der Waals surface area contributed by atoms with Gasteiger partial charge in [-0.1, -0.05) is 19.9 Å². The second-order valence-corrected chi connectivity index (χ2v) is 5.50. The molecule has 3 nitrogen and oxygen atoms in total. The van der Waals surface area contributed by atoms with Gasteiger partial charge >= 0.3 is 0 Å². The Morgan fingerprint density at radius 2 is 2.16 bits per heavy atom. The highest BCUT2D eigenvalue weighted by Gasteiger charge is 2.16. The van der Waals surface area contributed by atoms with Crippen molar-refractivity contribution in [3.05, 3.63) is 23.8 Å². The number of hydrogen-bond acceptors (Lipinski definition) is 4. The molecule has 1 N–H and O–H groups in total. The van der Waals surface area contributed by atoms with Gasteiger partial charge < -0.3 is 10.1 Å². The van der Waals surface area contributed by atoms with Crippen molar-refractivity contribution in [3.8, 4) is 6.07 Å². The average molecular weight is 278 g/mol. The average Bonchev–Trinajstić information content (AvgIpc) is 2.42. The van der Waals surface area contributed by atoms with Gasteiger partial charge in [0.05, 0.1) is 23.9 Å². The third-order valence-electron chi connectivity index (χ3n) is 3.01. The number of nitriles is 1. The van der Waals surface area contributed by atoms with Gasteiger partial charge in [0.2, 0.25) is 0 Å². The highest BCUT2D eigenvalue weighted by molar-refractivity contribution is 7.98. The van der Waals surface area contributed by atoms with Gasteiger partial charge in [0.25, 0.3) is 0 Å². The molecule has 0 radical (unpaired) electrons. The minimum atomic E-state index is 0.212. The molecule has 1 aromatic carbocycles. The smallest absolute Gasteiger partial charge is 0.102 e. The lowest BCUT2D eigenvalue weighted by molar-refractivity contribution is 0.127. The van der Waals surface area contributed by atoms with E-state index in [2.05, 4.69) is 25.2 Å². The topological polar surface area (TPSA) is 45.0 Å². The predicted molar refractivity (Wildman–Crippen MR) is 81.7 cm³/mol. The van der Waals surface area contributed by atoms with E-state index < -0.39 is 0 Å². The number of hydrogen-bond donors (Lipinski definition) is 1. The molecular weight excluding hydrogens is 256 g/mol. The number of rotatable bonds is 7. The Balaban J connectivity index is 2.93. The highest BCUT2D eigenvalue weighted by atomic mass is 32.2. The van der Waals surface area contributed by atoms with E-state index in [1.54, 1.807) is 11.8 Å². The molecule has 0 aromatic heterocycles. The fraction of sp³-hybridized carbons (Fsp3) is 0.533. The van der Waals surface area contributed by atoms with Gasteiger partial charge in [-0.3, -0.25) is 0 Å². The molecule has 0 aliphatic rings. The van der Waals surface area contributed by atoms with Crippen LogP contribution in [0.2, 0.25) is 0 Å². The van der Waals surface area contributed by atoms with Gasteiger partial charge in [-0.15, -0.1) is 11.8 Å². The zero-order valence-electron chi connectivity index (χ0n) is 12.1. The van der Waals surface area contributed by atoms with Crippen molar-refractivity contribution in [2.75, 3.05) is 24.8 Å². The number of anilines is 1. The summed E-state index contributed by atoms with van der Waals surface area (Å²) in [6.45, 7) is 7.66. The molecule has 0 amide bonds. The Hall–Kier alpha value is -1.18. The van der Waals surface area contributed by atoms with E-state index in [1.807, 2.05) is 31.4 Å². The molecule has 0 aliphatic carbocycles. The maximum absolute atomic E-state index is 9.32. The van der Waals surface area contributed by atoms with Gasteiger partial charge in [-0.2, -0.15) is 5.26 Å². The van der Waals surface area contributed by atoms with Crippen molar-refractivity contribution in [3.63, 3.8) is 0 Å². The van der Waals surface area contributed by atoms with Crippen LogP contribution in [0.1, 0.15) is 26.3 Å². The summed E-state index contributed by atoms with van der Waals surface area (Å²) in [5.74, 6) is 0.441. The third-order valence-corrected chi connectivity index (χ3v) is 3.79. The molecule has 0 aliphatic heterocycles. The lowest BCUT2D eigenvalue weighted by Gasteiger charge is -2.24. The van der Waals surface area contributed by atoms with Crippen LogP contribution in [0.5, 0.6) is 0 Å². The second-order valence-electron chi connectivity index (χ2n) is 4.65. The van der Waals surface area contributed by atoms with Gasteiger partial charge in [0.1, 0.15) is 6.07 Å². The molecule has 0 fully saturated rings. The van der Waals surface area contributed by atoms with Gasteiger partial charge in [-0.25, -0.2) is 0 Å². The summed E-state index contributed by atoms with van der Waals surface area (Å²) in [4.78, 5) is 1.01. The minimum Gasteiger partial charge on any atom is -0.380 e. The largest absolute Gasteiger partial charge is 0.380 e. The fourth-order valence-electron chi connectivity index (χ4n) is 1.78. The standard InChI is InChI=1S/C15H22N2OS/c1-5-18-10-14(11(2)3)17-13-7-6-8-15(19-4)12(13)9-16/h6-8,11,14,17H,5,10H2,1-4H3. The molecular formula is C15H22N2OS. The molecule has 1 rings (SSSR count). The number of nitrogens with one attached hydrogen (secondary N) is 1. The van der Waals surface area contributed by atoms with Crippen LogP contribution in [0.25, 0.3) is 0 Å². The Morgan fingerprint density at radius 1 is 1.42 bits per heavy atom. The van der Waals surface area contributed by atoms with E-state index in [-0.39, 0.29) is 6.04 Å². The molecule has 104 valence electrons. The van der Waals surface area contributed by atoms with Gasteiger partial charge in [0.15, 0.2) is 0 Å². The Morgan fingerprint density at radius 3 is 2.68 bits per heavy atom. The molecule has 0 saturated heterocycles. The van der Waals surface area contributed by atoms with E-state index in [4.69, 9.17) is 4.74 Å². The molecule has 19 heavy (non-hydrogen) atoms. The van der Waals surface area contributed by atoms with E-state index in [0.29, 0.717) is 19.1 Å². The Bertz CT molecular complexity index is 440. The summed E-state index contributed by atoms with van der Waals surface area (Å²) in [6.07, 6.45) is 1.99. The van der Waals surface area contributed by atoms with E-state index in [9.17, 15) is 5.26 Å². The minimum absolute atomic E-state index is 0.212. The highest BCUT2D eigenvalue weighted by Crippen LogP contribution is 2.27. The first kappa shape index (κ1) is 15.9. The van der Waals surface area contributed by atoms with Crippen LogP contribution in [0.3, 0.4) is 0 Å². The molecule has 0 heterocycles. The zero-order valence-corrected chi connectivity index (χ0v) is 12.9. The first-order valence-electron chi connectivity index (χ1n) is 6.55. The van der Waals surface area contributed by atoms with E-state index >= 15 is 0 Å². The normalized spacial score (nSPS) is 12.2. The van der Waals surface area contributed by atoms with Crippen LogP contribution in [0, 0.1) is 17.2 Å². The zero-order chi connectivity index (χ0) is 14.3. The number of ether oxygens (including phenoxy) is 1. The maximum atomic E-state index is 9.32. The van der Waals surface area contributed by atoms with Gasteiger partial charge in [0, 0.05) is 11.5 Å². The van der Waals surface area contributed by atoms with Crippen molar-refractivity contribution in [1.82, 2.24) is 0 Å². The van der Waals surface area contributed by atoms with Crippen molar-refractivity contribution in [2.45, 2.75) is 31.7 Å². The maximum Gasteiger partial charge on any atom is 0.102 e. The summed E-state index contributed by atoms with van der Waals surface area (Å²) in [5, 5.41) is 12.8. The molecule has 1 atom stereocenters. The SMILES string of the molecule is CCOCC(Nc1cccc(SC)c1C#N)C(C)C. The van der Waals surface area contributed by atoms with E-state index in [0.717, 1.165) is 16.1 Å². The summed E-state index contributed by atoms with van der Waals surface area (Å²) in [6, 6.07) is 8.41. The quantitative estimate of drug-likeness (QED) is 0.771. The number of thioether (sulfide) groups is 1. The van der Waals surface area contributed by atoms with Crippen molar-refractivity contribution in [1.29, 1.82) is 5.26 Å². The predicted octanol–water partition coefficient (Wildman–Crippen LogP) is 3.75. The molecule has 0 spiro atoms. The Kier molecular flexibility index (Phi) is 6.75. The summed E-state index contributed by atoms with van der Waals surface area (Å²) in [7, 11) is 0. The van der Waals surface area contributed by atoms with Crippen LogP contribution in [-0.2, 0) is 4.74 Å². The second kappa shape index (κ2) is 8.08. The number of benzene rings is 1.